The fraction of sp³-hybridized carbons (Fsp3) is 0.481. The van der Waals surface area contributed by atoms with Crippen molar-refractivity contribution >= 4 is 41.0 Å². The molecule has 2 aliphatic heterocycles. The fourth-order valence-electron chi connectivity index (χ4n) is 5.14. The van der Waals surface area contributed by atoms with E-state index in [0.29, 0.717) is 42.9 Å². The summed E-state index contributed by atoms with van der Waals surface area (Å²) in [7, 11) is 0. The maximum absolute atomic E-state index is 15.3. The van der Waals surface area contributed by atoms with E-state index in [1.165, 1.54) is 17.0 Å². The predicted molar refractivity (Wildman–Crippen MR) is 141 cm³/mol. The van der Waals surface area contributed by atoms with Crippen LogP contribution in [0.4, 0.5) is 35.0 Å². The lowest BCUT2D eigenvalue weighted by Crippen LogP contribution is -2.51. The lowest BCUT2D eigenvalue weighted by atomic mass is 9.65. The maximum Gasteiger partial charge on any atom is 0.410 e. The summed E-state index contributed by atoms with van der Waals surface area (Å²) in [5.41, 5.74) is 1.31. The molecule has 2 amide bonds. The highest BCUT2D eigenvalue weighted by Gasteiger charge is 2.52. The van der Waals surface area contributed by atoms with Crippen molar-refractivity contribution < 1.29 is 27.5 Å². The van der Waals surface area contributed by atoms with Gasteiger partial charge in [0.2, 0.25) is 5.91 Å². The molecule has 2 heterocycles. The molecule has 1 aliphatic carbocycles. The standard InChI is InChI=1S/C27H31F3N4O3S/c1-26(2,3)37-25(36)34-10-7-20(19(30)14-34)31-21-13-16(33-38-22-6-5-15(28)11-18(22)29)12-17-23(21)32-24(35)27(17)8-4-9-27/h5-6,11-13,19-20,31,33H,4,7-10,14H2,1-3H3,(H,32,35). The van der Waals surface area contributed by atoms with E-state index in [9.17, 15) is 18.4 Å². The molecule has 204 valence electrons. The van der Waals surface area contributed by atoms with Crippen LogP contribution in [0.2, 0.25) is 0 Å². The zero-order valence-electron chi connectivity index (χ0n) is 21.5. The first kappa shape index (κ1) is 26.5. The van der Waals surface area contributed by atoms with Crippen LogP contribution in [0.15, 0.2) is 35.2 Å². The van der Waals surface area contributed by atoms with Crippen molar-refractivity contribution in [3.05, 3.63) is 47.5 Å². The van der Waals surface area contributed by atoms with Gasteiger partial charge in [0.05, 0.1) is 34.3 Å². The number of likely N-dealkylation sites (tertiary alicyclic amines) is 1. The van der Waals surface area contributed by atoms with Gasteiger partial charge in [0.15, 0.2) is 0 Å². The number of carbonyl (C=O) groups is 2. The molecular weight excluding hydrogens is 517 g/mol. The van der Waals surface area contributed by atoms with E-state index in [1.807, 2.05) is 6.07 Å². The van der Waals surface area contributed by atoms with E-state index >= 15 is 4.39 Å². The molecule has 2 aromatic rings. The number of nitrogens with zero attached hydrogens (tertiary/aromatic N) is 1. The molecule has 7 nitrogen and oxygen atoms in total. The molecule has 2 atom stereocenters. The number of nitrogens with one attached hydrogen (secondary N) is 3. The zero-order chi connectivity index (χ0) is 27.2. The van der Waals surface area contributed by atoms with Crippen molar-refractivity contribution in [2.45, 2.75) is 74.6 Å². The SMILES string of the molecule is CC(C)(C)OC(=O)N1CCC(Nc2cc(NSc3ccc(F)cc3F)cc3c2NC(=O)C32CCC2)C(F)C1. The van der Waals surface area contributed by atoms with Crippen LogP contribution in [0.3, 0.4) is 0 Å². The number of alkyl halides is 1. The van der Waals surface area contributed by atoms with Crippen LogP contribution in [0.5, 0.6) is 0 Å². The summed E-state index contributed by atoms with van der Waals surface area (Å²) in [4.78, 5) is 27.0. The van der Waals surface area contributed by atoms with Crippen molar-refractivity contribution in [1.29, 1.82) is 0 Å². The van der Waals surface area contributed by atoms with E-state index in [4.69, 9.17) is 4.74 Å². The number of hydrogen-bond donors (Lipinski definition) is 3. The summed E-state index contributed by atoms with van der Waals surface area (Å²) >= 11 is 0.987. The molecule has 3 N–H and O–H groups in total. The zero-order valence-corrected chi connectivity index (χ0v) is 22.3. The number of piperidine rings is 1. The number of rotatable bonds is 5. The van der Waals surface area contributed by atoms with Crippen LogP contribution in [0, 0.1) is 11.6 Å². The van der Waals surface area contributed by atoms with Crippen LogP contribution >= 0.6 is 11.9 Å². The molecule has 0 bridgehead atoms. The minimum atomic E-state index is -1.36. The van der Waals surface area contributed by atoms with Crippen LogP contribution < -0.4 is 15.4 Å². The summed E-state index contributed by atoms with van der Waals surface area (Å²) < 4.78 is 51.2. The van der Waals surface area contributed by atoms with Crippen molar-refractivity contribution in [3.63, 3.8) is 0 Å². The van der Waals surface area contributed by atoms with Gasteiger partial charge in [-0.25, -0.2) is 18.0 Å². The highest BCUT2D eigenvalue weighted by atomic mass is 32.2. The molecule has 3 aliphatic rings. The van der Waals surface area contributed by atoms with E-state index in [2.05, 4.69) is 15.4 Å². The van der Waals surface area contributed by atoms with Gasteiger partial charge < -0.3 is 25.0 Å². The van der Waals surface area contributed by atoms with Crippen LogP contribution in [-0.4, -0.2) is 47.8 Å². The Balaban J connectivity index is 1.36. The number of anilines is 3. The molecule has 0 radical (unpaired) electrons. The van der Waals surface area contributed by atoms with Gasteiger partial charge in [-0.2, -0.15) is 0 Å². The van der Waals surface area contributed by atoms with Gasteiger partial charge in [0.25, 0.3) is 0 Å². The third-order valence-corrected chi connectivity index (χ3v) is 8.13. The van der Waals surface area contributed by atoms with Crippen LogP contribution in [-0.2, 0) is 14.9 Å². The van der Waals surface area contributed by atoms with Crippen molar-refractivity contribution in [2.24, 2.45) is 0 Å². The molecule has 1 saturated carbocycles. The van der Waals surface area contributed by atoms with E-state index in [-0.39, 0.29) is 17.3 Å². The van der Waals surface area contributed by atoms with Gasteiger partial charge in [0.1, 0.15) is 23.4 Å². The highest BCUT2D eigenvalue weighted by molar-refractivity contribution is 8.00. The second-order valence-electron chi connectivity index (χ2n) is 11.1. The van der Waals surface area contributed by atoms with Gasteiger partial charge in [-0.1, -0.05) is 6.42 Å². The Morgan fingerprint density at radius 2 is 1.97 bits per heavy atom. The molecule has 2 unspecified atom stereocenters. The molecule has 5 rings (SSSR count). The predicted octanol–water partition coefficient (Wildman–Crippen LogP) is 6.22. The Labute approximate surface area is 224 Å². The maximum atomic E-state index is 15.3. The Morgan fingerprint density at radius 1 is 1.21 bits per heavy atom. The van der Waals surface area contributed by atoms with Crippen LogP contribution in [0.1, 0.15) is 52.0 Å². The quantitative estimate of drug-likeness (QED) is 0.385. The normalized spacial score (nSPS) is 21.9. The van der Waals surface area contributed by atoms with E-state index in [0.717, 1.165) is 30.0 Å². The van der Waals surface area contributed by atoms with Gasteiger partial charge >= 0.3 is 6.09 Å². The number of amides is 2. The number of halogens is 3. The highest BCUT2D eigenvalue weighted by Crippen LogP contribution is 2.54. The first-order chi connectivity index (χ1) is 17.9. The van der Waals surface area contributed by atoms with Gasteiger partial charge in [0, 0.05) is 18.3 Å². The van der Waals surface area contributed by atoms with Crippen LogP contribution in [0.25, 0.3) is 0 Å². The largest absolute Gasteiger partial charge is 0.444 e. The number of hydrogen-bond acceptors (Lipinski definition) is 6. The topological polar surface area (TPSA) is 82.7 Å². The Bertz CT molecular complexity index is 1260. The van der Waals surface area contributed by atoms with Crippen molar-refractivity contribution in [1.82, 2.24) is 4.90 Å². The lowest BCUT2D eigenvalue weighted by Gasteiger charge is -2.37. The number of fused-ring (bicyclic) bond motifs is 2. The summed E-state index contributed by atoms with van der Waals surface area (Å²) in [5.74, 6) is -1.43. The minimum absolute atomic E-state index is 0.0762. The van der Waals surface area contributed by atoms with E-state index < -0.39 is 41.0 Å². The van der Waals surface area contributed by atoms with Crippen molar-refractivity contribution in [2.75, 3.05) is 28.4 Å². The first-order valence-corrected chi connectivity index (χ1v) is 13.5. The summed E-state index contributed by atoms with van der Waals surface area (Å²) in [6.07, 6.45) is 0.805. The number of benzene rings is 2. The minimum Gasteiger partial charge on any atom is -0.444 e. The fourth-order valence-corrected chi connectivity index (χ4v) is 5.78. The smallest absolute Gasteiger partial charge is 0.410 e. The molecule has 2 aromatic carbocycles. The second kappa shape index (κ2) is 9.91. The van der Waals surface area contributed by atoms with Gasteiger partial charge in [-0.15, -0.1) is 0 Å². The van der Waals surface area contributed by atoms with Gasteiger partial charge in [-0.05, 0) is 81.8 Å². The molecular formula is C27H31F3N4O3S. The number of carbonyl (C=O) groups excluding carboxylic acids is 2. The summed E-state index contributed by atoms with van der Waals surface area (Å²) in [6, 6.07) is 6.36. The molecule has 38 heavy (non-hydrogen) atoms. The summed E-state index contributed by atoms with van der Waals surface area (Å²) in [5, 5.41) is 6.25. The average molecular weight is 549 g/mol. The van der Waals surface area contributed by atoms with E-state index in [1.54, 1.807) is 26.8 Å². The number of ether oxygens (including phenoxy) is 1. The Morgan fingerprint density at radius 3 is 2.61 bits per heavy atom. The monoisotopic (exact) mass is 548 g/mol. The molecule has 1 saturated heterocycles. The average Bonchev–Trinajstić information content (AvgIpc) is 3.11. The Kier molecular flexibility index (Phi) is 6.91. The molecule has 2 fully saturated rings. The molecule has 11 heteroatoms. The molecule has 1 spiro atoms. The van der Waals surface area contributed by atoms with Gasteiger partial charge in [-0.3, -0.25) is 4.79 Å². The Hall–Kier alpha value is -3.08. The first-order valence-electron chi connectivity index (χ1n) is 12.7. The third kappa shape index (κ3) is 5.12. The lowest BCUT2D eigenvalue weighted by molar-refractivity contribution is -0.123. The summed E-state index contributed by atoms with van der Waals surface area (Å²) in [6.45, 7) is 5.50. The second-order valence-corrected chi connectivity index (χ2v) is 11.9. The third-order valence-electron chi connectivity index (χ3n) is 7.24. The molecule has 0 aromatic heterocycles. The van der Waals surface area contributed by atoms with Crippen molar-refractivity contribution in [3.8, 4) is 0 Å².